The highest BCUT2D eigenvalue weighted by Gasteiger charge is 2.30. The SMILES string of the molecule is CCN(c1cccc2c1C/C=C\CCc1cc(C)[nH]c(=O)c1CNC2=O)C1CCC(N2CCOCC2)CC1. The second-order valence-corrected chi connectivity index (χ2v) is 10.9. The quantitative estimate of drug-likeness (QED) is 0.596. The van der Waals surface area contributed by atoms with E-state index in [9.17, 15) is 9.59 Å². The lowest BCUT2D eigenvalue weighted by Crippen LogP contribution is -2.48. The molecule has 0 bridgehead atoms. The molecule has 2 aliphatic heterocycles. The molecule has 2 aromatic rings. The van der Waals surface area contributed by atoms with Gasteiger partial charge in [0.1, 0.15) is 0 Å². The predicted molar refractivity (Wildman–Crippen MR) is 152 cm³/mol. The molecule has 0 unspecified atom stereocenters. The number of fused-ring (bicyclic) bond motifs is 2. The first-order valence-corrected chi connectivity index (χ1v) is 14.4. The molecule has 0 atom stereocenters. The van der Waals surface area contributed by atoms with Gasteiger partial charge in [0.15, 0.2) is 0 Å². The summed E-state index contributed by atoms with van der Waals surface area (Å²) in [5.41, 5.74) is 5.36. The van der Waals surface area contributed by atoms with Crippen molar-refractivity contribution in [1.29, 1.82) is 0 Å². The van der Waals surface area contributed by atoms with Crippen molar-refractivity contribution >= 4 is 11.6 Å². The summed E-state index contributed by atoms with van der Waals surface area (Å²) in [5, 5.41) is 3.06. The number of carbonyl (C=O) groups is 1. The van der Waals surface area contributed by atoms with Crippen LogP contribution in [0.1, 0.15) is 71.8 Å². The van der Waals surface area contributed by atoms with Crippen LogP contribution in [0, 0.1) is 6.92 Å². The van der Waals surface area contributed by atoms with Crippen LogP contribution in [-0.4, -0.2) is 60.7 Å². The van der Waals surface area contributed by atoms with Crippen molar-refractivity contribution in [3.8, 4) is 0 Å². The lowest BCUT2D eigenvalue weighted by Gasteiger charge is -2.43. The van der Waals surface area contributed by atoms with Crippen molar-refractivity contribution in [2.75, 3.05) is 37.7 Å². The Morgan fingerprint density at radius 1 is 1.05 bits per heavy atom. The predicted octanol–water partition coefficient (Wildman–Crippen LogP) is 4.13. The molecular weight excluding hydrogens is 476 g/mol. The lowest BCUT2D eigenvalue weighted by atomic mass is 9.88. The summed E-state index contributed by atoms with van der Waals surface area (Å²) >= 11 is 0. The molecule has 1 aromatic heterocycles. The van der Waals surface area contributed by atoms with E-state index < -0.39 is 0 Å². The summed E-state index contributed by atoms with van der Waals surface area (Å²) in [5.74, 6) is -0.117. The number of allylic oxidation sites excluding steroid dienone is 2. The van der Waals surface area contributed by atoms with Crippen LogP contribution in [0.25, 0.3) is 0 Å². The molecule has 0 spiro atoms. The number of rotatable bonds is 4. The van der Waals surface area contributed by atoms with Gasteiger partial charge in [-0.2, -0.15) is 0 Å². The fourth-order valence-electron chi connectivity index (χ4n) is 6.60. The number of nitrogens with zero attached hydrogens (tertiary/aromatic N) is 2. The first-order chi connectivity index (χ1) is 18.5. The lowest BCUT2D eigenvalue weighted by molar-refractivity contribution is 0.00730. The molecule has 1 aliphatic carbocycles. The van der Waals surface area contributed by atoms with Crippen LogP contribution < -0.4 is 15.8 Å². The fourth-order valence-corrected chi connectivity index (χ4v) is 6.60. The van der Waals surface area contributed by atoms with Gasteiger partial charge < -0.3 is 19.9 Å². The molecule has 0 radical (unpaired) electrons. The number of benzene rings is 1. The highest BCUT2D eigenvalue weighted by Crippen LogP contribution is 2.33. The molecular formula is C31H42N4O3. The summed E-state index contributed by atoms with van der Waals surface area (Å²) < 4.78 is 5.56. The molecule has 3 heterocycles. The van der Waals surface area contributed by atoms with Gasteiger partial charge in [0, 0.05) is 60.8 Å². The van der Waals surface area contributed by atoms with Gasteiger partial charge in [0.25, 0.3) is 11.5 Å². The summed E-state index contributed by atoms with van der Waals surface area (Å²) in [7, 11) is 0. The van der Waals surface area contributed by atoms with E-state index in [-0.39, 0.29) is 18.0 Å². The van der Waals surface area contributed by atoms with Gasteiger partial charge >= 0.3 is 0 Å². The van der Waals surface area contributed by atoms with Gasteiger partial charge in [0.2, 0.25) is 0 Å². The first kappa shape index (κ1) is 26.7. The number of aromatic nitrogens is 1. The summed E-state index contributed by atoms with van der Waals surface area (Å²) in [4.78, 5) is 34.2. The van der Waals surface area contributed by atoms with Crippen molar-refractivity contribution in [2.24, 2.45) is 0 Å². The van der Waals surface area contributed by atoms with Crippen molar-refractivity contribution in [2.45, 2.75) is 77.4 Å². The average Bonchev–Trinajstić information content (AvgIpc) is 2.93. The number of nitrogens with one attached hydrogen (secondary N) is 2. The number of aryl methyl sites for hydroxylation is 2. The average molecular weight is 519 g/mol. The molecule has 1 aromatic carbocycles. The molecule has 1 saturated heterocycles. The van der Waals surface area contributed by atoms with Crippen molar-refractivity contribution in [1.82, 2.24) is 15.2 Å². The summed E-state index contributed by atoms with van der Waals surface area (Å²) in [6, 6.07) is 9.29. The van der Waals surface area contributed by atoms with E-state index in [0.717, 1.165) is 68.9 Å². The fraction of sp³-hybridized carbons (Fsp3) is 0.548. The number of carbonyl (C=O) groups excluding carboxylic acids is 1. The summed E-state index contributed by atoms with van der Waals surface area (Å²) in [6.45, 7) is 9.09. The molecule has 2 N–H and O–H groups in total. The minimum atomic E-state index is -0.117. The Morgan fingerprint density at radius 2 is 1.84 bits per heavy atom. The van der Waals surface area contributed by atoms with Crippen LogP contribution in [0.15, 0.2) is 41.2 Å². The topological polar surface area (TPSA) is 77.7 Å². The Morgan fingerprint density at radius 3 is 2.61 bits per heavy atom. The Kier molecular flexibility index (Phi) is 8.65. The maximum Gasteiger partial charge on any atom is 0.253 e. The largest absolute Gasteiger partial charge is 0.379 e. The van der Waals surface area contributed by atoms with Crippen LogP contribution >= 0.6 is 0 Å². The van der Waals surface area contributed by atoms with Crippen molar-refractivity contribution in [3.63, 3.8) is 0 Å². The number of pyridine rings is 1. The number of aromatic amines is 1. The minimum Gasteiger partial charge on any atom is -0.379 e. The van der Waals surface area contributed by atoms with Crippen LogP contribution in [0.3, 0.4) is 0 Å². The number of hydrogen-bond acceptors (Lipinski definition) is 5. The van der Waals surface area contributed by atoms with E-state index in [0.29, 0.717) is 23.2 Å². The molecule has 3 aliphatic rings. The number of morpholine rings is 1. The number of ether oxygens (including phenoxy) is 1. The van der Waals surface area contributed by atoms with E-state index in [2.05, 4.69) is 45.2 Å². The van der Waals surface area contributed by atoms with E-state index in [1.165, 1.54) is 31.4 Å². The molecule has 1 amide bonds. The normalized spacial score (nSPS) is 23.8. The van der Waals surface area contributed by atoms with Gasteiger partial charge in [-0.3, -0.25) is 14.5 Å². The third kappa shape index (κ3) is 5.89. The second-order valence-electron chi connectivity index (χ2n) is 10.9. The highest BCUT2D eigenvalue weighted by atomic mass is 16.5. The van der Waals surface area contributed by atoms with Gasteiger partial charge in [-0.25, -0.2) is 0 Å². The number of hydrogen-bond donors (Lipinski definition) is 2. The molecule has 2 fully saturated rings. The second kappa shape index (κ2) is 12.3. The first-order valence-electron chi connectivity index (χ1n) is 14.4. The molecule has 5 rings (SSSR count). The van der Waals surface area contributed by atoms with Gasteiger partial charge in [-0.15, -0.1) is 0 Å². The summed E-state index contributed by atoms with van der Waals surface area (Å²) in [6.07, 6.45) is 11.5. The van der Waals surface area contributed by atoms with E-state index in [4.69, 9.17) is 4.74 Å². The van der Waals surface area contributed by atoms with E-state index >= 15 is 0 Å². The van der Waals surface area contributed by atoms with Crippen LogP contribution in [0.5, 0.6) is 0 Å². The molecule has 1 saturated carbocycles. The van der Waals surface area contributed by atoms with E-state index in [1.807, 2.05) is 25.1 Å². The van der Waals surface area contributed by atoms with E-state index in [1.54, 1.807) is 0 Å². The molecule has 7 heteroatoms. The number of H-pyrrole nitrogens is 1. The molecule has 38 heavy (non-hydrogen) atoms. The Labute approximate surface area is 226 Å². The Hall–Kier alpha value is -2.90. The highest BCUT2D eigenvalue weighted by molar-refractivity contribution is 5.97. The zero-order chi connectivity index (χ0) is 26.5. The molecule has 7 nitrogen and oxygen atoms in total. The van der Waals surface area contributed by atoms with Crippen LogP contribution in [0.2, 0.25) is 0 Å². The zero-order valence-corrected chi connectivity index (χ0v) is 22.9. The smallest absolute Gasteiger partial charge is 0.253 e. The maximum atomic E-state index is 13.5. The number of anilines is 1. The standard InChI is InChI=1S/C31H42N4O3/c1-3-35(25-14-12-24(13-15-25)34-16-18-38-19-17-34)29-11-7-10-27-26(29)9-6-4-5-8-23-20-22(2)33-31(37)28(23)21-32-30(27)36/h4,6-7,10-11,20,24-25H,3,5,8-9,12-19,21H2,1-2H3,(H,32,36)(H,33,37)/b6-4-. The third-order valence-corrected chi connectivity index (χ3v) is 8.57. The Balaban J connectivity index is 1.38. The minimum absolute atomic E-state index is 0.111. The molecule has 204 valence electrons. The van der Waals surface area contributed by atoms with Crippen molar-refractivity contribution in [3.05, 3.63) is 74.7 Å². The third-order valence-electron chi connectivity index (χ3n) is 8.57. The van der Waals surface area contributed by atoms with Gasteiger partial charge in [0.05, 0.1) is 13.2 Å². The maximum absolute atomic E-state index is 13.5. The number of amides is 1. The van der Waals surface area contributed by atoms with Crippen LogP contribution in [0.4, 0.5) is 5.69 Å². The zero-order valence-electron chi connectivity index (χ0n) is 22.9. The van der Waals surface area contributed by atoms with Crippen molar-refractivity contribution < 1.29 is 9.53 Å². The monoisotopic (exact) mass is 518 g/mol. The Bertz CT molecular complexity index is 1210. The van der Waals surface area contributed by atoms with Crippen LogP contribution in [-0.2, 0) is 24.1 Å². The van der Waals surface area contributed by atoms with Gasteiger partial charge in [-0.05, 0) is 88.1 Å². The van der Waals surface area contributed by atoms with Gasteiger partial charge in [-0.1, -0.05) is 18.2 Å².